The lowest BCUT2D eigenvalue weighted by atomic mass is 10.2. The number of hydrogen-bond donors (Lipinski definition) is 0. The summed E-state index contributed by atoms with van der Waals surface area (Å²) in [5.41, 5.74) is 0.873. The minimum Gasteiger partial charge on any atom is -0.406 e. The number of nitro benzene ring substituents is 1. The lowest BCUT2D eigenvalue weighted by Gasteiger charge is -2.34. The number of non-ortho nitro benzene ring substituents is 1. The van der Waals surface area contributed by atoms with E-state index in [9.17, 15) is 28.1 Å². The summed E-state index contributed by atoms with van der Waals surface area (Å²) < 4.78 is 40.5. The molecule has 166 valence electrons. The molecule has 1 saturated heterocycles. The van der Waals surface area contributed by atoms with Crippen molar-refractivity contribution in [3.05, 3.63) is 64.2 Å². The first-order chi connectivity index (χ1) is 14.7. The Balaban J connectivity index is 1.41. The third-order valence-electron chi connectivity index (χ3n) is 4.70. The number of nitrogens with zero attached hydrogens (tertiary/aromatic N) is 3. The third-order valence-corrected chi connectivity index (χ3v) is 5.69. The van der Waals surface area contributed by atoms with E-state index in [4.69, 9.17) is 0 Å². The number of carbonyl (C=O) groups is 1. The molecule has 0 aliphatic carbocycles. The molecule has 11 heteroatoms. The largest absolute Gasteiger partial charge is 0.573 e. The fraction of sp³-hybridized carbons (Fsp3) is 0.350. The molecule has 0 N–H and O–H groups in total. The van der Waals surface area contributed by atoms with E-state index >= 15 is 0 Å². The number of halogens is 3. The Kier molecular flexibility index (Phi) is 7.39. The van der Waals surface area contributed by atoms with Gasteiger partial charge in [-0.05, 0) is 29.8 Å². The number of alkyl halides is 3. The van der Waals surface area contributed by atoms with Gasteiger partial charge in [0.15, 0.2) is 0 Å². The highest BCUT2D eigenvalue weighted by molar-refractivity contribution is 8.00. The van der Waals surface area contributed by atoms with Gasteiger partial charge in [0, 0.05) is 49.8 Å². The van der Waals surface area contributed by atoms with E-state index in [1.54, 1.807) is 29.2 Å². The van der Waals surface area contributed by atoms with E-state index in [-0.39, 0.29) is 23.1 Å². The second-order valence-corrected chi connectivity index (χ2v) is 7.94. The van der Waals surface area contributed by atoms with Gasteiger partial charge in [0.1, 0.15) is 5.75 Å². The molecule has 2 aromatic carbocycles. The number of thioether (sulfide) groups is 1. The number of piperazine rings is 1. The standard InChI is InChI=1S/C20H20F3N3O4S/c21-20(22,23)30-17-5-1-15(2-6-17)13-24-9-11-25(12-10-24)19(27)14-31-18-7-3-16(4-8-18)26(28)29/h1-8H,9-14H2. The molecule has 1 aliphatic rings. The Labute approximate surface area is 180 Å². The van der Waals surface area contributed by atoms with Crippen LogP contribution in [0.3, 0.4) is 0 Å². The Bertz CT molecular complexity index is 899. The van der Waals surface area contributed by atoms with Crippen molar-refractivity contribution in [1.82, 2.24) is 9.80 Å². The lowest BCUT2D eigenvalue weighted by Crippen LogP contribution is -2.48. The monoisotopic (exact) mass is 455 g/mol. The molecule has 0 aromatic heterocycles. The van der Waals surface area contributed by atoms with Gasteiger partial charge in [-0.15, -0.1) is 24.9 Å². The second kappa shape index (κ2) is 10.0. The molecule has 3 rings (SSSR count). The molecule has 31 heavy (non-hydrogen) atoms. The van der Waals surface area contributed by atoms with Crippen LogP contribution in [0.15, 0.2) is 53.4 Å². The van der Waals surface area contributed by atoms with Gasteiger partial charge in [0.25, 0.3) is 5.69 Å². The van der Waals surface area contributed by atoms with Gasteiger partial charge in [-0.2, -0.15) is 0 Å². The molecule has 0 atom stereocenters. The molecule has 2 aromatic rings. The zero-order valence-corrected chi connectivity index (χ0v) is 17.2. The minimum absolute atomic E-state index is 0.00310. The number of ether oxygens (including phenoxy) is 1. The van der Waals surface area contributed by atoms with Crippen LogP contribution >= 0.6 is 11.8 Å². The fourth-order valence-corrected chi connectivity index (χ4v) is 3.91. The highest BCUT2D eigenvalue weighted by Gasteiger charge is 2.31. The highest BCUT2D eigenvalue weighted by atomic mass is 32.2. The van der Waals surface area contributed by atoms with E-state index in [1.165, 1.54) is 36.0 Å². The fourth-order valence-electron chi connectivity index (χ4n) is 3.11. The van der Waals surface area contributed by atoms with Crippen molar-refractivity contribution < 1.29 is 27.6 Å². The average molecular weight is 455 g/mol. The number of benzene rings is 2. The van der Waals surface area contributed by atoms with Crippen LogP contribution in [0.5, 0.6) is 5.75 Å². The number of nitro groups is 1. The quantitative estimate of drug-likeness (QED) is 0.358. The van der Waals surface area contributed by atoms with Crippen molar-refractivity contribution >= 4 is 23.4 Å². The maximum absolute atomic E-state index is 12.4. The van der Waals surface area contributed by atoms with Crippen LogP contribution < -0.4 is 4.74 Å². The Hall–Kier alpha value is -2.79. The Morgan fingerprint density at radius 2 is 1.65 bits per heavy atom. The first-order valence-corrected chi connectivity index (χ1v) is 10.4. The van der Waals surface area contributed by atoms with E-state index in [2.05, 4.69) is 9.64 Å². The molecule has 1 aliphatic heterocycles. The molecular formula is C20H20F3N3O4S. The Morgan fingerprint density at radius 1 is 1.03 bits per heavy atom. The van der Waals surface area contributed by atoms with Gasteiger partial charge >= 0.3 is 6.36 Å². The summed E-state index contributed by atoms with van der Waals surface area (Å²) >= 11 is 1.33. The minimum atomic E-state index is -4.71. The van der Waals surface area contributed by atoms with Crippen LogP contribution in [-0.2, 0) is 11.3 Å². The summed E-state index contributed by atoms with van der Waals surface area (Å²) in [6.07, 6.45) is -4.71. The lowest BCUT2D eigenvalue weighted by molar-refractivity contribution is -0.384. The molecule has 0 unspecified atom stereocenters. The van der Waals surface area contributed by atoms with Gasteiger partial charge in [-0.1, -0.05) is 12.1 Å². The van der Waals surface area contributed by atoms with Crippen LogP contribution in [-0.4, -0.2) is 58.9 Å². The van der Waals surface area contributed by atoms with Gasteiger partial charge in [0.2, 0.25) is 5.91 Å². The molecular weight excluding hydrogens is 435 g/mol. The van der Waals surface area contributed by atoms with E-state index < -0.39 is 11.3 Å². The van der Waals surface area contributed by atoms with Crippen LogP contribution in [0.2, 0.25) is 0 Å². The zero-order valence-electron chi connectivity index (χ0n) is 16.4. The van der Waals surface area contributed by atoms with Crippen molar-refractivity contribution in [3.8, 4) is 5.75 Å². The normalized spacial score (nSPS) is 15.0. The third kappa shape index (κ3) is 7.14. The SMILES string of the molecule is O=C(CSc1ccc([N+](=O)[O-])cc1)N1CCN(Cc2ccc(OC(F)(F)F)cc2)CC1. The van der Waals surface area contributed by atoms with Gasteiger partial charge in [-0.3, -0.25) is 19.8 Å². The summed E-state index contributed by atoms with van der Waals surface area (Å²) in [5, 5.41) is 10.7. The first-order valence-electron chi connectivity index (χ1n) is 9.42. The summed E-state index contributed by atoms with van der Waals surface area (Å²) in [4.78, 5) is 27.3. The van der Waals surface area contributed by atoms with Crippen LogP contribution in [0.4, 0.5) is 18.9 Å². The van der Waals surface area contributed by atoms with Crippen LogP contribution in [0.25, 0.3) is 0 Å². The molecule has 0 bridgehead atoms. The maximum atomic E-state index is 12.4. The van der Waals surface area contributed by atoms with Crippen molar-refractivity contribution in [1.29, 1.82) is 0 Å². The van der Waals surface area contributed by atoms with Gasteiger partial charge in [-0.25, -0.2) is 0 Å². The predicted octanol–water partition coefficient (Wildman–Crippen LogP) is 3.93. The molecule has 0 saturated carbocycles. The van der Waals surface area contributed by atoms with Crippen molar-refractivity contribution in [3.63, 3.8) is 0 Å². The predicted molar refractivity (Wildman–Crippen MR) is 109 cm³/mol. The van der Waals surface area contributed by atoms with E-state index in [0.29, 0.717) is 32.7 Å². The number of amides is 1. The van der Waals surface area contributed by atoms with E-state index in [1.807, 2.05) is 0 Å². The molecule has 1 fully saturated rings. The van der Waals surface area contributed by atoms with Crippen LogP contribution in [0, 0.1) is 10.1 Å². The number of hydrogen-bond acceptors (Lipinski definition) is 6. The topological polar surface area (TPSA) is 75.9 Å². The zero-order chi connectivity index (χ0) is 22.4. The number of rotatable bonds is 7. The summed E-state index contributed by atoms with van der Waals surface area (Å²) in [5.74, 6) is -0.00721. The van der Waals surface area contributed by atoms with Gasteiger partial charge in [0.05, 0.1) is 10.7 Å². The smallest absolute Gasteiger partial charge is 0.406 e. The number of carbonyl (C=O) groups excluding carboxylic acids is 1. The average Bonchev–Trinajstić information content (AvgIpc) is 2.73. The van der Waals surface area contributed by atoms with Gasteiger partial charge < -0.3 is 9.64 Å². The second-order valence-electron chi connectivity index (χ2n) is 6.89. The van der Waals surface area contributed by atoms with Crippen molar-refractivity contribution in [2.24, 2.45) is 0 Å². The summed E-state index contributed by atoms with van der Waals surface area (Å²) in [6.45, 7) is 3.03. The maximum Gasteiger partial charge on any atom is 0.573 e. The molecule has 0 radical (unpaired) electrons. The van der Waals surface area contributed by atoms with Crippen molar-refractivity contribution in [2.75, 3.05) is 31.9 Å². The molecule has 7 nitrogen and oxygen atoms in total. The summed E-state index contributed by atoms with van der Waals surface area (Å²) in [6, 6.07) is 11.8. The van der Waals surface area contributed by atoms with Crippen molar-refractivity contribution in [2.45, 2.75) is 17.8 Å². The van der Waals surface area contributed by atoms with E-state index in [0.717, 1.165) is 10.5 Å². The molecule has 1 heterocycles. The molecule has 0 spiro atoms. The Morgan fingerprint density at radius 3 is 2.19 bits per heavy atom. The molecule has 1 amide bonds. The first kappa shape index (κ1) is 22.9. The van der Waals surface area contributed by atoms with Crippen LogP contribution in [0.1, 0.15) is 5.56 Å². The highest BCUT2D eigenvalue weighted by Crippen LogP contribution is 2.24. The summed E-state index contributed by atoms with van der Waals surface area (Å²) in [7, 11) is 0.